The van der Waals surface area contributed by atoms with Crippen molar-refractivity contribution in [1.29, 1.82) is 0 Å². The molecule has 2 amide bonds. The molecule has 4 saturated carbocycles. The second kappa shape index (κ2) is 35.5. The van der Waals surface area contributed by atoms with Gasteiger partial charge in [-0.2, -0.15) is 0 Å². The van der Waals surface area contributed by atoms with Crippen LogP contribution in [0.15, 0.2) is 0 Å². The van der Waals surface area contributed by atoms with Crippen LogP contribution in [0.2, 0.25) is 0 Å². The van der Waals surface area contributed by atoms with E-state index in [0.717, 1.165) is 64.2 Å². The van der Waals surface area contributed by atoms with Gasteiger partial charge in [0.15, 0.2) is 37.4 Å². The van der Waals surface area contributed by atoms with Crippen LogP contribution in [0.25, 0.3) is 0 Å². The minimum Gasteiger partial charge on any atom is -0.479 e. The molecular formula is C62H104N2O28. The minimum absolute atomic E-state index is 0.000193. The van der Waals surface area contributed by atoms with E-state index >= 15 is 0 Å². The van der Waals surface area contributed by atoms with Gasteiger partial charge in [-0.15, -0.1) is 0 Å². The Morgan fingerprint density at radius 3 is 1.14 bits per heavy atom. The lowest BCUT2D eigenvalue weighted by Crippen LogP contribution is -2.67. The Morgan fingerprint density at radius 2 is 0.793 bits per heavy atom. The largest absolute Gasteiger partial charge is 0.479 e. The standard InChI is InChI=1S/C62H104N2O28/c1-29-13-11-19-35(53(29)91-61-51(75)49(73)45(69)31(3)83-61)87-59-43(55(47(71)39(25-65)89-59)85-37(57(77)78)23-33-15-7-5-8-16-33)63-41(67)27-81-21-22-82-28-42(68)64-44-56(86-38(58(79)80)24-34-17-9-6-10-18-34)48(72)40(26-66)90-60(44)88-36-20-12-14-30(2)54(36)92-62-52(76)50(74)46(70)32(4)84-62/h29-40,43-56,59-62,65-66,69-76H,5-28H2,1-4H3,(H,63,67)(H,64,68)(H,77,78)(H,79,80)/t29-,30-,31-,32-,35+,36+,37-,38-,39+,40+,43+,44+,45+,46+,47-,48-,49+,50+,51-,52-,53+,54+,55+,56+,59+,60+,61-,62-/m0/s1. The Balaban J connectivity index is 0.943. The first-order valence-electron chi connectivity index (χ1n) is 33.4. The summed E-state index contributed by atoms with van der Waals surface area (Å²) in [6, 6.07) is -2.91. The number of rotatable bonds is 29. The molecule has 4 aliphatic carbocycles. The van der Waals surface area contributed by atoms with Gasteiger partial charge in [0.25, 0.3) is 0 Å². The predicted molar refractivity (Wildman–Crippen MR) is 314 cm³/mol. The first-order valence-corrected chi connectivity index (χ1v) is 33.4. The van der Waals surface area contributed by atoms with E-state index in [1.165, 1.54) is 13.8 Å². The highest BCUT2D eigenvalue weighted by molar-refractivity contribution is 5.78. The third-order valence-corrected chi connectivity index (χ3v) is 19.9. The Hall–Kier alpha value is -3.00. The molecule has 28 atom stereocenters. The molecule has 4 heterocycles. The highest BCUT2D eigenvalue weighted by atomic mass is 16.7. The number of aliphatic hydroxyl groups is 10. The van der Waals surface area contributed by atoms with Gasteiger partial charge in [0.05, 0.1) is 63.1 Å². The third kappa shape index (κ3) is 19.4. The monoisotopic (exact) mass is 1320 g/mol. The van der Waals surface area contributed by atoms with Crippen LogP contribution in [0.3, 0.4) is 0 Å². The van der Waals surface area contributed by atoms with Crippen LogP contribution >= 0.6 is 0 Å². The fourth-order valence-corrected chi connectivity index (χ4v) is 14.5. The number of carbonyl (C=O) groups excluding carboxylic acids is 2. The van der Waals surface area contributed by atoms with Gasteiger partial charge in [0.1, 0.15) is 98.5 Å². The molecule has 530 valence electrons. The van der Waals surface area contributed by atoms with E-state index in [1.54, 1.807) is 0 Å². The van der Waals surface area contributed by atoms with Gasteiger partial charge in [-0.3, -0.25) is 9.59 Å². The van der Waals surface area contributed by atoms with Crippen molar-refractivity contribution in [2.75, 3.05) is 39.6 Å². The summed E-state index contributed by atoms with van der Waals surface area (Å²) in [5.74, 6) is -4.75. The maximum absolute atomic E-state index is 14.0. The summed E-state index contributed by atoms with van der Waals surface area (Å²) in [4.78, 5) is 53.9. The molecule has 0 spiro atoms. The Labute approximate surface area is 536 Å². The highest BCUT2D eigenvalue weighted by Gasteiger charge is 2.54. The van der Waals surface area contributed by atoms with Crippen molar-refractivity contribution in [3.8, 4) is 0 Å². The van der Waals surface area contributed by atoms with Crippen LogP contribution in [-0.4, -0.2) is 284 Å². The van der Waals surface area contributed by atoms with E-state index in [2.05, 4.69) is 10.6 Å². The summed E-state index contributed by atoms with van der Waals surface area (Å²) in [6.07, 6.45) is -20.5. The Morgan fingerprint density at radius 1 is 0.424 bits per heavy atom. The number of hydrogen-bond acceptors (Lipinski definition) is 26. The molecule has 0 aromatic rings. The van der Waals surface area contributed by atoms with Crippen molar-refractivity contribution in [1.82, 2.24) is 10.6 Å². The number of ether oxygens (including phenoxy) is 12. The molecule has 0 radical (unpaired) electrons. The lowest BCUT2D eigenvalue weighted by Gasteiger charge is -2.48. The molecule has 30 heteroatoms. The molecule has 4 saturated heterocycles. The number of carboxylic acid groups (broad SMARTS) is 2. The lowest BCUT2D eigenvalue weighted by atomic mass is 9.85. The number of hydrogen-bond donors (Lipinski definition) is 14. The second-order valence-corrected chi connectivity index (χ2v) is 26.8. The predicted octanol–water partition coefficient (Wildman–Crippen LogP) is -1.40. The zero-order chi connectivity index (χ0) is 66.5. The maximum Gasteiger partial charge on any atom is 0.332 e. The first-order chi connectivity index (χ1) is 44.0. The molecule has 30 nitrogen and oxygen atoms in total. The molecule has 8 fully saturated rings. The smallest absolute Gasteiger partial charge is 0.332 e. The molecule has 0 unspecified atom stereocenters. The Bertz CT molecular complexity index is 2120. The molecule has 14 N–H and O–H groups in total. The van der Waals surface area contributed by atoms with Crippen molar-refractivity contribution >= 4 is 23.8 Å². The van der Waals surface area contributed by atoms with Crippen molar-refractivity contribution < 1.29 is 137 Å². The maximum atomic E-state index is 14.0. The number of amides is 2. The molecule has 4 aliphatic heterocycles. The normalized spacial score (nSPS) is 41.7. The third-order valence-electron chi connectivity index (χ3n) is 19.9. The first kappa shape index (κ1) is 74.8. The minimum atomic E-state index is -1.70. The Kier molecular flexibility index (Phi) is 28.8. The van der Waals surface area contributed by atoms with E-state index in [9.17, 15) is 80.5 Å². The summed E-state index contributed by atoms with van der Waals surface area (Å²) < 4.78 is 73.7. The fraction of sp³-hybridized carbons (Fsp3) is 0.935. The quantitative estimate of drug-likeness (QED) is 0.0383. The van der Waals surface area contributed by atoms with E-state index < -0.39 is 210 Å². The van der Waals surface area contributed by atoms with Crippen LogP contribution in [0.5, 0.6) is 0 Å². The lowest BCUT2D eigenvalue weighted by molar-refractivity contribution is -0.336. The number of aliphatic carboxylic acids is 2. The van der Waals surface area contributed by atoms with Crippen LogP contribution in [0.4, 0.5) is 0 Å². The zero-order valence-corrected chi connectivity index (χ0v) is 53.2. The summed E-state index contributed by atoms with van der Waals surface area (Å²) in [7, 11) is 0. The SMILES string of the molecule is C[C@@H]1O[C@@H](O[C@@H]2[C@@H](C)CCC[C@H]2O[C@@H]2O[C@H](CO)[C@H](O)[C@H](O[C@@H](CC3CCCCC3)C(=O)O)[C@H]2NC(=O)COCCOCC(=O)N[C@H]2[C@H](O[C@@H]3CCC[C@H](C)[C@H]3O[C@@H]3O[C@@H](C)[C@@H](O)[C@@H](O)[C@@H]3O)O[C@H](CO)[C@H](O)[C@@H]2O[C@@H](CC2CCCCC2)C(=O)O)[C@@H](O)[C@H](O)[C@@H]1O. The van der Waals surface area contributed by atoms with Crippen LogP contribution in [0.1, 0.15) is 143 Å². The van der Waals surface area contributed by atoms with Gasteiger partial charge in [-0.05, 0) is 76.0 Å². The van der Waals surface area contributed by atoms with Crippen molar-refractivity contribution in [2.24, 2.45) is 23.7 Å². The number of carboxylic acids is 2. The van der Waals surface area contributed by atoms with Crippen molar-refractivity contribution in [2.45, 2.75) is 303 Å². The molecule has 0 bridgehead atoms. The van der Waals surface area contributed by atoms with Crippen LogP contribution in [0, 0.1) is 23.7 Å². The van der Waals surface area contributed by atoms with Crippen molar-refractivity contribution in [3.05, 3.63) is 0 Å². The molecule has 0 aromatic carbocycles. The summed E-state index contributed by atoms with van der Waals surface area (Å²) in [6.45, 7) is 3.31. The molecule has 8 rings (SSSR count). The summed E-state index contributed by atoms with van der Waals surface area (Å²) in [5.41, 5.74) is 0. The van der Waals surface area contributed by atoms with Gasteiger partial charge < -0.3 is 129 Å². The van der Waals surface area contributed by atoms with Crippen LogP contribution < -0.4 is 10.6 Å². The van der Waals surface area contributed by atoms with Gasteiger partial charge in [0, 0.05) is 0 Å². The van der Waals surface area contributed by atoms with Crippen molar-refractivity contribution in [3.63, 3.8) is 0 Å². The second-order valence-electron chi connectivity index (χ2n) is 26.8. The molecular weight excluding hydrogens is 1220 g/mol. The van der Waals surface area contributed by atoms with E-state index in [1.807, 2.05) is 13.8 Å². The zero-order valence-electron chi connectivity index (χ0n) is 53.2. The topological polar surface area (TPSA) is 446 Å². The van der Waals surface area contributed by atoms with E-state index in [4.69, 9.17) is 56.8 Å². The van der Waals surface area contributed by atoms with E-state index in [-0.39, 0.29) is 49.7 Å². The average Bonchev–Trinajstić information content (AvgIpc) is 0.870. The number of nitrogens with one attached hydrogen (secondary N) is 2. The molecule has 8 aliphatic rings. The van der Waals surface area contributed by atoms with Gasteiger partial charge in [-0.1, -0.05) is 90.9 Å². The average molecular weight is 1330 g/mol. The highest BCUT2D eigenvalue weighted by Crippen LogP contribution is 2.40. The summed E-state index contributed by atoms with van der Waals surface area (Å²) >= 11 is 0. The number of aliphatic hydroxyl groups excluding tert-OH is 10. The summed E-state index contributed by atoms with van der Waals surface area (Å²) in [5, 5.41) is 135. The number of carbonyl (C=O) groups is 4. The van der Waals surface area contributed by atoms with Gasteiger partial charge in [0.2, 0.25) is 11.8 Å². The molecule has 92 heavy (non-hydrogen) atoms. The van der Waals surface area contributed by atoms with Crippen LogP contribution in [-0.2, 0) is 76.0 Å². The van der Waals surface area contributed by atoms with Gasteiger partial charge >= 0.3 is 11.9 Å². The molecule has 0 aromatic heterocycles. The van der Waals surface area contributed by atoms with E-state index in [0.29, 0.717) is 38.5 Å². The fourth-order valence-electron chi connectivity index (χ4n) is 14.5. The van der Waals surface area contributed by atoms with Gasteiger partial charge in [-0.25, -0.2) is 9.59 Å².